The Morgan fingerprint density at radius 1 is 1.48 bits per heavy atom. The van der Waals surface area contributed by atoms with Crippen LogP contribution in [-0.2, 0) is 4.79 Å². The Bertz CT molecular complexity index is 520. The molecule has 0 radical (unpaired) electrons. The van der Waals surface area contributed by atoms with E-state index >= 15 is 0 Å². The zero-order valence-electron chi connectivity index (χ0n) is 11.9. The summed E-state index contributed by atoms with van der Waals surface area (Å²) < 4.78 is 5.61. The van der Waals surface area contributed by atoms with Crippen LogP contribution in [0.5, 0.6) is 5.75 Å². The first kappa shape index (κ1) is 16.4. The SMILES string of the molecule is CC(C(=O)NC1CCOc2c(Cl)cccc21)C1CNC1.Cl. The number of ether oxygens (including phenoxy) is 1. The van der Waals surface area contributed by atoms with E-state index in [4.69, 9.17) is 16.3 Å². The van der Waals surface area contributed by atoms with Gasteiger partial charge >= 0.3 is 0 Å². The average Bonchev–Trinajstić information content (AvgIpc) is 2.38. The fourth-order valence-electron chi connectivity index (χ4n) is 2.72. The molecule has 4 nitrogen and oxygen atoms in total. The van der Waals surface area contributed by atoms with Crippen LogP contribution in [0.15, 0.2) is 18.2 Å². The minimum atomic E-state index is 0. The van der Waals surface area contributed by atoms with Gasteiger partial charge in [-0.25, -0.2) is 0 Å². The molecule has 0 saturated carbocycles. The normalized spacial score (nSPS) is 22.1. The second-order valence-corrected chi connectivity index (χ2v) is 5.97. The van der Waals surface area contributed by atoms with Crippen LogP contribution in [0.1, 0.15) is 24.9 Å². The Hall–Kier alpha value is -0.970. The summed E-state index contributed by atoms with van der Waals surface area (Å²) in [5.74, 6) is 1.33. The van der Waals surface area contributed by atoms with E-state index in [0.717, 1.165) is 25.1 Å². The molecule has 1 fully saturated rings. The maximum atomic E-state index is 12.3. The second-order valence-electron chi connectivity index (χ2n) is 5.56. The molecule has 1 amide bonds. The van der Waals surface area contributed by atoms with Crippen LogP contribution in [0.2, 0.25) is 5.02 Å². The molecule has 0 aliphatic carbocycles. The number of rotatable bonds is 3. The first-order chi connectivity index (χ1) is 9.66. The Morgan fingerprint density at radius 2 is 2.24 bits per heavy atom. The van der Waals surface area contributed by atoms with E-state index in [0.29, 0.717) is 23.3 Å². The summed E-state index contributed by atoms with van der Waals surface area (Å²) in [5.41, 5.74) is 0.982. The minimum absolute atomic E-state index is 0. The topological polar surface area (TPSA) is 50.4 Å². The number of carbonyl (C=O) groups is 1. The van der Waals surface area contributed by atoms with Gasteiger partial charge < -0.3 is 15.4 Å². The predicted octanol–water partition coefficient (Wildman–Crippen LogP) is 2.56. The van der Waals surface area contributed by atoms with Gasteiger partial charge in [-0.05, 0) is 25.1 Å². The van der Waals surface area contributed by atoms with Gasteiger partial charge in [-0.15, -0.1) is 12.4 Å². The lowest BCUT2D eigenvalue weighted by Gasteiger charge is -2.34. The first-order valence-corrected chi connectivity index (χ1v) is 7.47. The van der Waals surface area contributed by atoms with Gasteiger partial charge in [-0.3, -0.25) is 4.79 Å². The van der Waals surface area contributed by atoms with Gasteiger partial charge in [-0.2, -0.15) is 0 Å². The molecule has 1 aromatic carbocycles. The highest BCUT2D eigenvalue weighted by molar-refractivity contribution is 6.32. The monoisotopic (exact) mass is 330 g/mol. The van der Waals surface area contributed by atoms with E-state index in [-0.39, 0.29) is 30.3 Å². The molecular formula is C15H20Cl2N2O2. The molecular weight excluding hydrogens is 311 g/mol. The Balaban J connectivity index is 0.00000161. The number of carbonyl (C=O) groups excluding carboxylic acids is 1. The maximum Gasteiger partial charge on any atom is 0.223 e. The third kappa shape index (κ3) is 3.28. The highest BCUT2D eigenvalue weighted by Crippen LogP contribution is 2.37. The van der Waals surface area contributed by atoms with Crippen molar-refractivity contribution in [1.82, 2.24) is 10.6 Å². The fourth-order valence-corrected chi connectivity index (χ4v) is 2.95. The van der Waals surface area contributed by atoms with E-state index in [1.54, 1.807) is 0 Å². The van der Waals surface area contributed by atoms with Crippen molar-refractivity contribution in [3.8, 4) is 5.75 Å². The van der Waals surface area contributed by atoms with Crippen molar-refractivity contribution in [1.29, 1.82) is 0 Å². The molecule has 1 aromatic rings. The van der Waals surface area contributed by atoms with Crippen LogP contribution >= 0.6 is 24.0 Å². The van der Waals surface area contributed by atoms with Crippen LogP contribution in [0.3, 0.4) is 0 Å². The lowest BCUT2D eigenvalue weighted by Crippen LogP contribution is -2.50. The molecule has 21 heavy (non-hydrogen) atoms. The predicted molar refractivity (Wildman–Crippen MR) is 85.2 cm³/mol. The van der Waals surface area contributed by atoms with Crippen molar-refractivity contribution < 1.29 is 9.53 Å². The third-order valence-corrected chi connectivity index (χ3v) is 4.57. The van der Waals surface area contributed by atoms with Gasteiger partial charge in [0.25, 0.3) is 0 Å². The zero-order chi connectivity index (χ0) is 14.1. The van der Waals surface area contributed by atoms with Gasteiger partial charge in [0.2, 0.25) is 5.91 Å². The Labute approximate surface area is 136 Å². The molecule has 0 bridgehead atoms. The molecule has 0 aromatic heterocycles. The van der Waals surface area contributed by atoms with Crippen LogP contribution in [0.25, 0.3) is 0 Å². The van der Waals surface area contributed by atoms with E-state index in [1.165, 1.54) is 0 Å². The van der Waals surface area contributed by atoms with Crippen molar-refractivity contribution in [2.24, 2.45) is 11.8 Å². The molecule has 0 spiro atoms. The van der Waals surface area contributed by atoms with Gasteiger partial charge in [0, 0.05) is 17.9 Å². The van der Waals surface area contributed by atoms with Gasteiger partial charge in [0.05, 0.1) is 17.7 Å². The molecule has 2 aliphatic rings. The number of amides is 1. The summed E-state index contributed by atoms with van der Waals surface area (Å²) in [6.45, 7) is 4.45. The molecule has 3 rings (SSSR count). The van der Waals surface area contributed by atoms with E-state index in [2.05, 4.69) is 10.6 Å². The molecule has 2 atom stereocenters. The number of halogens is 2. The maximum absolute atomic E-state index is 12.3. The summed E-state index contributed by atoms with van der Waals surface area (Å²) in [4.78, 5) is 12.3. The molecule has 2 heterocycles. The van der Waals surface area contributed by atoms with Crippen LogP contribution in [-0.4, -0.2) is 25.6 Å². The van der Waals surface area contributed by atoms with Crippen molar-refractivity contribution in [2.45, 2.75) is 19.4 Å². The number of para-hydroxylation sites is 1. The molecule has 2 unspecified atom stereocenters. The zero-order valence-corrected chi connectivity index (χ0v) is 13.5. The van der Waals surface area contributed by atoms with E-state index < -0.39 is 0 Å². The molecule has 1 saturated heterocycles. The van der Waals surface area contributed by atoms with Crippen molar-refractivity contribution in [3.63, 3.8) is 0 Å². The van der Waals surface area contributed by atoms with Gasteiger partial charge in [0.1, 0.15) is 5.75 Å². The smallest absolute Gasteiger partial charge is 0.223 e. The number of fused-ring (bicyclic) bond motifs is 1. The number of hydrogen-bond donors (Lipinski definition) is 2. The summed E-state index contributed by atoms with van der Waals surface area (Å²) >= 11 is 6.14. The molecule has 6 heteroatoms. The third-order valence-electron chi connectivity index (χ3n) is 4.28. The first-order valence-electron chi connectivity index (χ1n) is 7.09. The summed E-state index contributed by atoms with van der Waals surface area (Å²) in [6, 6.07) is 5.68. The Kier molecular flexibility index (Phi) is 5.36. The van der Waals surface area contributed by atoms with Crippen molar-refractivity contribution >= 4 is 29.9 Å². The standard InChI is InChI=1S/C15H19ClN2O2.ClH/c1-9(10-7-17-8-10)15(19)18-13-5-6-20-14-11(13)3-2-4-12(14)16;/h2-4,9-10,13,17H,5-8H2,1H3,(H,18,19);1H. The lowest BCUT2D eigenvalue weighted by molar-refractivity contribution is -0.127. The molecule has 116 valence electrons. The van der Waals surface area contributed by atoms with Crippen molar-refractivity contribution in [3.05, 3.63) is 28.8 Å². The summed E-state index contributed by atoms with van der Waals surface area (Å²) in [5, 5.41) is 6.96. The highest BCUT2D eigenvalue weighted by Gasteiger charge is 2.31. The average molecular weight is 331 g/mol. The van der Waals surface area contributed by atoms with Gasteiger partial charge in [0.15, 0.2) is 0 Å². The fraction of sp³-hybridized carbons (Fsp3) is 0.533. The largest absolute Gasteiger partial charge is 0.492 e. The molecule has 2 aliphatic heterocycles. The quantitative estimate of drug-likeness (QED) is 0.895. The number of hydrogen-bond acceptors (Lipinski definition) is 3. The van der Waals surface area contributed by atoms with Crippen LogP contribution < -0.4 is 15.4 Å². The highest BCUT2D eigenvalue weighted by atomic mass is 35.5. The summed E-state index contributed by atoms with van der Waals surface area (Å²) in [7, 11) is 0. The minimum Gasteiger partial charge on any atom is -0.492 e. The van der Waals surface area contributed by atoms with E-state index in [1.807, 2.05) is 25.1 Å². The molecule has 2 N–H and O–H groups in total. The van der Waals surface area contributed by atoms with Crippen molar-refractivity contribution in [2.75, 3.05) is 19.7 Å². The summed E-state index contributed by atoms with van der Waals surface area (Å²) in [6.07, 6.45) is 0.786. The Morgan fingerprint density at radius 3 is 2.90 bits per heavy atom. The van der Waals surface area contributed by atoms with Gasteiger partial charge in [-0.1, -0.05) is 30.7 Å². The number of nitrogens with one attached hydrogen (secondary N) is 2. The van der Waals surface area contributed by atoms with E-state index in [9.17, 15) is 4.79 Å². The van der Waals surface area contributed by atoms with Crippen LogP contribution in [0, 0.1) is 11.8 Å². The second kappa shape index (κ2) is 6.86. The van der Waals surface area contributed by atoms with Crippen LogP contribution in [0.4, 0.5) is 0 Å². The lowest BCUT2D eigenvalue weighted by atomic mass is 9.87. The number of benzene rings is 1.